The fourth-order valence-electron chi connectivity index (χ4n) is 2.07. The molecular formula is C13H16BrN3O. The number of nitrogens with zero attached hydrogens (tertiary/aromatic N) is 2. The van der Waals surface area contributed by atoms with E-state index in [1.807, 2.05) is 36.0 Å². The number of nitrogen functional groups attached to an aromatic ring is 1. The summed E-state index contributed by atoms with van der Waals surface area (Å²) in [6, 6.07) is 7.59. The van der Waals surface area contributed by atoms with Gasteiger partial charge in [-0.1, -0.05) is 29.3 Å². The number of hydrogen-bond acceptors (Lipinski definition) is 2. The molecule has 0 bridgehead atoms. The molecule has 2 N–H and O–H groups in total. The molecule has 0 aliphatic carbocycles. The summed E-state index contributed by atoms with van der Waals surface area (Å²) in [5.41, 5.74) is 7.81. The third-order valence-electron chi connectivity index (χ3n) is 2.98. The van der Waals surface area contributed by atoms with E-state index in [0.29, 0.717) is 5.69 Å². The van der Waals surface area contributed by atoms with E-state index in [1.54, 1.807) is 4.68 Å². The molecule has 0 aliphatic heterocycles. The highest BCUT2D eigenvalue weighted by Gasteiger charge is 2.15. The average molecular weight is 310 g/mol. The molecule has 1 aromatic carbocycles. The van der Waals surface area contributed by atoms with Crippen LogP contribution in [0.4, 0.5) is 5.69 Å². The van der Waals surface area contributed by atoms with E-state index < -0.39 is 0 Å². The topological polar surface area (TPSA) is 53.0 Å². The fourth-order valence-corrected chi connectivity index (χ4v) is 2.34. The summed E-state index contributed by atoms with van der Waals surface area (Å²) in [5, 5.41) is 0. The van der Waals surface area contributed by atoms with Crippen molar-refractivity contribution in [3.63, 3.8) is 0 Å². The van der Waals surface area contributed by atoms with Crippen LogP contribution < -0.4 is 11.3 Å². The van der Waals surface area contributed by atoms with Gasteiger partial charge in [0.1, 0.15) is 5.69 Å². The van der Waals surface area contributed by atoms with Crippen LogP contribution in [0.1, 0.15) is 19.0 Å². The highest BCUT2D eigenvalue weighted by atomic mass is 79.9. The Morgan fingerprint density at radius 3 is 2.44 bits per heavy atom. The monoisotopic (exact) mass is 309 g/mol. The lowest BCUT2D eigenvalue weighted by molar-refractivity contribution is 0.610. The Labute approximate surface area is 114 Å². The standard InChI is InChI=1S/C13H16BrN3O/c1-3-4-11-12(15)13(18)17(16(11)2)10-7-5-9(14)6-8-10/h5-8H,3-4,15H2,1-2H3. The van der Waals surface area contributed by atoms with Crippen LogP contribution >= 0.6 is 15.9 Å². The maximum atomic E-state index is 12.2. The van der Waals surface area contributed by atoms with Crippen LogP contribution in [-0.4, -0.2) is 9.36 Å². The maximum Gasteiger partial charge on any atom is 0.294 e. The van der Waals surface area contributed by atoms with Crippen molar-refractivity contribution in [1.29, 1.82) is 0 Å². The van der Waals surface area contributed by atoms with E-state index in [4.69, 9.17) is 5.73 Å². The minimum absolute atomic E-state index is 0.150. The van der Waals surface area contributed by atoms with Crippen molar-refractivity contribution in [2.24, 2.45) is 7.05 Å². The average Bonchev–Trinajstić information content (AvgIpc) is 2.56. The summed E-state index contributed by atoms with van der Waals surface area (Å²) in [5.74, 6) is 0. The van der Waals surface area contributed by atoms with Crippen molar-refractivity contribution in [1.82, 2.24) is 9.36 Å². The van der Waals surface area contributed by atoms with Gasteiger partial charge in [0.25, 0.3) is 5.56 Å². The van der Waals surface area contributed by atoms with Gasteiger partial charge in [-0.15, -0.1) is 0 Å². The first-order chi connectivity index (χ1) is 8.56. The summed E-state index contributed by atoms with van der Waals surface area (Å²) in [4.78, 5) is 12.2. The molecule has 0 fully saturated rings. The SMILES string of the molecule is CCCc1c(N)c(=O)n(-c2ccc(Br)cc2)n1C. The van der Waals surface area contributed by atoms with E-state index in [1.165, 1.54) is 0 Å². The highest BCUT2D eigenvalue weighted by Crippen LogP contribution is 2.16. The maximum absolute atomic E-state index is 12.2. The number of anilines is 1. The lowest BCUT2D eigenvalue weighted by Crippen LogP contribution is -2.20. The Kier molecular flexibility index (Phi) is 3.61. The second-order valence-electron chi connectivity index (χ2n) is 4.23. The third kappa shape index (κ3) is 2.10. The second-order valence-corrected chi connectivity index (χ2v) is 5.14. The third-order valence-corrected chi connectivity index (χ3v) is 3.51. The van der Waals surface area contributed by atoms with Gasteiger partial charge in [-0.05, 0) is 30.7 Å². The van der Waals surface area contributed by atoms with E-state index >= 15 is 0 Å². The van der Waals surface area contributed by atoms with Crippen molar-refractivity contribution >= 4 is 21.6 Å². The lowest BCUT2D eigenvalue weighted by Gasteiger charge is -2.09. The van der Waals surface area contributed by atoms with Gasteiger partial charge < -0.3 is 5.73 Å². The molecule has 0 spiro atoms. The van der Waals surface area contributed by atoms with Gasteiger partial charge in [-0.2, -0.15) is 0 Å². The molecule has 1 aromatic heterocycles. The van der Waals surface area contributed by atoms with E-state index in [2.05, 4.69) is 22.9 Å². The fraction of sp³-hybridized carbons (Fsp3) is 0.308. The Bertz CT molecular complexity index is 610. The zero-order valence-corrected chi connectivity index (χ0v) is 12.1. The van der Waals surface area contributed by atoms with Crippen LogP contribution in [0, 0.1) is 0 Å². The molecule has 0 saturated heterocycles. The molecule has 0 saturated carbocycles. The van der Waals surface area contributed by atoms with Gasteiger partial charge in [0, 0.05) is 11.5 Å². The van der Waals surface area contributed by atoms with E-state index in [-0.39, 0.29) is 5.56 Å². The molecule has 0 unspecified atom stereocenters. The minimum atomic E-state index is -0.150. The minimum Gasteiger partial charge on any atom is -0.393 e. The second kappa shape index (κ2) is 5.02. The Morgan fingerprint density at radius 1 is 1.28 bits per heavy atom. The van der Waals surface area contributed by atoms with Gasteiger partial charge in [0.05, 0.1) is 11.4 Å². The highest BCUT2D eigenvalue weighted by molar-refractivity contribution is 9.10. The summed E-state index contributed by atoms with van der Waals surface area (Å²) >= 11 is 3.38. The molecule has 96 valence electrons. The molecule has 18 heavy (non-hydrogen) atoms. The first-order valence-corrected chi connectivity index (χ1v) is 6.67. The molecule has 4 nitrogen and oxygen atoms in total. The molecule has 0 aliphatic rings. The number of aromatic nitrogens is 2. The van der Waals surface area contributed by atoms with Gasteiger partial charge in [0.2, 0.25) is 0 Å². The summed E-state index contributed by atoms with van der Waals surface area (Å²) in [6.45, 7) is 2.07. The Morgan fingerprint density at radius 2 is 1.89 bits per heavy atom. The molecular weight excluding hydrogens is 294 g/mol. The van der Waals surface area contributed by atoms with Crippen molar-refractivity contribution < 1.29 is 0 Å². The van der Waals surface area contributed by atoms with Gasteiger partial charge >= 0.3 is 0 Å². The van der Waals surface area contributed by atoms with Crippen LogP contribution in [-0.2, 0) is 13.5 Å². The van der Waals surface area contributed by atoms with E-state index in [9.17, 15) is 4.79 Å². The summed E-state index contributed by atoms with van der Waals surface area (Å²) in [7, 11) is 1.87. The van der Waals surface area contributed by atoms with Crippen LogP contribution in [0.3, 0.4) is 0 Å². The van der Waals surface area contributed by atoms with Crippen molar-refractivity contribution in [3.8, 4) is 5.69 Å². The summed E-state index contributed by atoms with van der Waals surface area (Å²) < 4.78 is 4.42. The number of nitrogens with two attached hydrogens (primary N) is 1. The summed E-state index contributed by atoms with van der Waals surface area (Å²) in [6.07, 6.45) is 1.77. The van der Waals surface area contributed by atoms with Crippen LogP contribution in [0.2, 0.25) is 0 Å². The van der Waals surface area contributed by atoms with E-state index in [0.717, 1.165) is 28.7 Å². The smallest absolute Gasteiger partial charge is 0.294 e. The van der Waals surface area contributed by atoms with Crippen molar-refractivity contribution in [2.45, 2.75) is 19.8 Å². The first-order valence-electron chi connectivity index (χ1n) is 5.88. The number of halogens is 1. The zero-order chi connectivity index (χ0) is 13.3. The van der Waals surface area contributed by atoms with Crippen LogP contribution in [0.5, 0.6) is 0 Å². The number of hydrogen-bond donors (Lipinski definition) is 1. The first kappa shape index (κ1) is 13.0. The molecule has 2 rings (SSSR count). The zero-order valence-electron chi connectivity index (χ0n) is 10.5. The largest absolute Gasteiger partial charge is 0.393 e. The normalized spacial score (nSPS) is 10.8. The molecule has 0 amide bonds. The predicted molar refractivity (Wildman–Crippen MR) is 77.1 cm³/mol. The molecule has 1 heterocycles. The molecule has 5 heteroatoms. The van der Waals surface area contributed by atoms with Crippen molar-refractivity contribution in [2.75, 3.05) is 5.73 Å². The van der Waals surface area contributed by atoms with Crippen LogP contribution in [0.25, 0.3) is 5.69 Å². The van der Waals surface area contributed by atoms with Gasteiger partial charge in [-0.25, -0.2) is 4.68 Å². The lowest BCUT2D eigenvalue weighted by atomic mass is 10.2. The van der Waals surface area contributed by atoms with Crippen LogP contribution in [0.15, 0.2) is 33.5 Å². The van der Waals surface area contributed by atoms with Crippen molar-refractivity contribution in [3.05, 3.63) is 44.8 Å². The Hall–Kier alpha value is -1.49. The molecule has 2 aromatic rings. The quantitative estimate of drug-likeness (QED) is 0.947. The Balaban J connectivity index is 2.61. The number of rotatable bonds is 3. The van der Waals surface area contributed by atoms with Gasteiger partial charge in [0.15, 0.2) is 0 Å². The van der Waals surface area contributed by atoms with Gasteiger partial charge in [-0.3, -0.25) is 9.48 Å². The molecule has 0 radical (unpaired) electrons. The molecule has 0 atom stereocenters. The predicted octanol–water partition coefficient (Wildman–Crippen LogP) is 2.47. The number of benzene rings is 1.